The molecule has 4 rings (SSSR count). The van der Waals surface area contributed by atoms with Crippen molar-refractivity contribution in [3.63, 3.8) is 0 Å². The van der Waals surface area contributed by atoms with E-state index in [-0.39, 0.29) is 24.2 Å². The predicted octanol–water partition coefficient (Wildman–Crippen LogP) is 4.57. The highest BCUT2D eigenvalue weighted by molar-refractivity contribution is 5.58. The van der Waals surface area contributed by atoms with Gasteiger partial charge in [0.15, 0.2) is 12.8 Å². The first-order valence-electron chi connectivity index (χ1n) is 10.9. The number of hydrogen-bond acceptors (Lipinski definition) is 4. The van der Waals surface area contributed by atoms with Gasteiger partial charge in [0.25, 0.3) is 0 Å². The van der Waals surface area contributed by atoms with E-state index < -0.39 is 5.91 Å². The van der Waals surface area contributed by atoms with Crippen molar-refractivity contribution in [1.29, 1.82) is 0 Å². The first-order chi connectivity index (χ1) is 14.4. The van der Waals surface area contributed by atoms with Crippen LogP contribution in [0, 0.1) is 17.0 Å². The van der Waals surface area contributed by atoms with Gasteiger partial charge in [0.1, 0.15) is 12.2 Å². The van der Waals surface area contributed by atoms with Gasteiger partial charge < -0.3 is 14.7 Å². The van der Waals surface area contributed by atoms with Gasteiger partial charge >= 0.3 is 0 Å². The van der Waals surface area contributed by atoms with Gasteiger partial charge in [-0.3, -0.25) is 0 Å². The summed E-state index contributed by atoms with van der Waals surface area (Å²) >= 11 is 0. The van der Waals surface area contributed by atoms with Crippen LogP contribution in [0.25, 0.3) is 0 Å². The van der Waals surface area contributed by atoms with Crippen molar-refractivity contribution in [2.75, 3.05) is 7.05 Å². The van der Waals surface area contributed by atoms with E-state index in [1.807, 2.05) is 48.5 Å². The van der Waals surface area contributed by atoms with Crippen LogP contribution in [0.3, 0.4) is 0 Å². The summed E-state index contributed by atoms with van der Waals surface area (Å²) in [5.74, 6) is -0.283. The average Bonchev–Trinajstić information content (AvgIpc) is 3.22. The lowest BCUT2D eigenvalue weighted by Gasteiger charge is -2.37. The minimum Gasteiger partial charge on any atom is -0.624 e. The molecule has 0 aliphatic carbocycles. The molecule has 2 aliphatic heterocycles. The molecule has 5 heteroatoms. The Hall–Kier alpha value is -2.21. The van der Waals surface area contributed by atoms with Crippen molar-refractivity contribution in [2.45, 2.75) is 57.9 Å². The molecule has 2 aromatic rings. The van der Waals surface area contributed by atoms with Gasteiger partial charge in [0.2, 0.25) is 5.91 Å². The molecule has 160 valence electrons. The summed E-state index contributed by atoms with van der Waals surface area (Å²) in [4.78, 5) is 2.22. The quantitative estimate of drug-likeness (QED) is 0.315. The van der Waals surface area contributed by atoms with Crippen LogP contribution in [0.1, 0.15) is 44.4 Å². The monoisotopic (exact) mass is 408 g/mol. The van der Waals surface area contributed by atoms with E-state index in [4.69, 9.17) is 9.47 Å². The Kier molecular flexibility index (Phi) is 5.96. The molecule has 2 heterocycles. The van der Waals surface area contributed by atoms with Crippen molar-refractivity contribution in [2.24, 2.45) is 11.8 Å². The van der Waals surface area contributed by atoms with E-state index in [0.717, 1.165) is 22.3 Å². The first-order valence-corrected chi connectivity index (χ1v) is 10.9. The third kappa shape index (κ3) is 3.89. The van der Waals surface area contributed by atoms with E-state index in [0.29, 0.717) is 12.5 Å². The molecule has 0 N–H and O–H groups in total. The lowest BCUT2D eigenvalue weighted by Crippen LogP contribution is -2.51. The topological polar surface area (TPSA) is 47.8 Å². The first kappa shape index (κ1) is 21.0. The molecular weight excluding hydrogens is 376 g/mol. The fraction of sp³-hybridized carbons (Fsp3) is 0.480. The molecule has 2 saturated heterocycles. The van der Waals surface area contributed by atoms with Crippen LogP contribution in [-0.4, -0.2) is 41.0 Å². The lowest BCUT2D eigenvalue weighted by molar-refractivity contribution is -0.473. The summed E-state index contributed by atoms with van der Waals surface area (Å²) in [7, 11) is 2.07. The number of benzene rings is 2. The third-order valence-electron chi connectivity index (χ3n) is 6.56. The van der Waals surface area contributed by atoms with E-state index in [9.17, 15) is 5.21 Å². The molecule has 0 radical (unpaired) electrons. The number of hydrogen-bond donors (Lipinski definition) is 0. The van der Waals surface area contributed by atoms with Crippen molar-refractivity contribution in [1.82, 2.24) is 4.90 Å². The minimum absolute atomic E-state index is 0.0659. The third-order valence-corrected chi connectivity index (χ3v) is 6.56. The molecule has 0 amide bonds. The number of rotatable bonds is 5. The molecule has 2 fully saturated rings. The van der Waals surface area contributed by atoms with Crippen molar-refractivity contribution in [3.8, 4) is 0 Å². The summed E-state index contributed by atoms with van der Waals surface area (Å²) in [6, 6.07) is 20.3. The molecule has 0 aromatic heterocycles. The Bertz CT molecular complexity index is 870. The number of nitrogens with zero attached hydrogens (tertiary/aromatic N) is 2. The maximum Gasteiger partial charge on any atom is 0.234 e. The Balaban J connectivity index is 1.57. The molecule has 2 aromatic carbocycles. The van der Waals surface area contributed by atoms with Crippen LogP contribution >= 0.6 is 0 Å². The van der Waals surface area contributed by atoms with Gasteiger partial charge in [-0.05, 0) is 31.9 Å². The Morgan fingerprint density at radius 1 is 1.10 bits per heavy atom. The minimum atomic E-state index is -0.817. The van der Waals surface area contributed by atoms with Crippen molar-refractivity contribution in [3.05, 3.63) is 77.0 Å². The molecule has 1 spiro atoms. The van der Waals surface area contributed by atoms with Crippen LogP contribution in [0.15, 0.2) is 60.7 Å². The summed E-state index contributed by atoms with van der Waals surface area (Å²) in [6.45, 7) is 6.91. The predicted molar refractivity (Wildman–Crippen MR) is 118 cm³/mol. The Morgan fingerprint density at radius 2 is 1.73 bits per heavy atom. The second kappa shape index (κ2) is 8.50. The smallest absolute Gasteiger partial charge is 0.234 e. The van der Waals surface area contributed by atoms with Crippen molar-refractivity contribution >= 4 is 6.21 Å². The normalized spacial score (nSPS) is 32.4. The van der Waals surface area contributed by atoms with E-state index >= 15 is 0 Å². The second-order valence-corrected chi connectivity index (χ2v) is 8.88. The van der Waals surface area contributed by atoms with Crippen LogP contribution in [-0.2, 0) is 16.0 Å². The fourth-order valence-electron chi connectivity index (χ4n) is 4.84. The Labute approximate surface area is 179 Å². The van der Waals surface area contributed by atoms with Gasteiger partial charge in [-0.25, -0.2) is 9.64 Å². The number of hydroxylamine groups is 1. The van der Waals surface area contributed by atoms with Crippen molar-refractivity contribution < 1.29 is 14.2 Å². The molecule has 4 unspecified atom stereocenters. The average molecular weight is 409 g/mol. The number of likely N-dealkylation sites (N-methyl/N-ethyl adjacent to an activating group) is 1. The largest absolute Gasteiger partial charge is 0.624 e. The van der Waals surface area contributed by atoms with Crippen LogP contribution in [0.5, 0.6) is 0 Å². The van der Waals surface area contributed by atoms with Crippen LogP contribution in [0.2, 0.25) is 0 Å². The molecule has 5 nitrogen and oxygen atoms in total. The van der Waals surface area contributed by atoms with E-state index in [2.05, 4.69) is 44.9 Å². The summed E-state index contributed by atoms with van der Waals surface area (Å²) in [5, 5.41) is 12.6. The summed E-state index contributed by atoms with van der Waals surface area (Å²) < 4.78 is 14.2. The zero-order valence-corrected chi connectivity index (χ0v) is 18.3. The highest BCUT2D eigenvalue weighted by atomic mass is 16.7. The van der Waals surface area contributed by atoms with Gasteiger partial charge in [-0.1, -0.05) is 74.5 Å². The maximum atomic E-state index is 12.6. The standard InChI is InChI=1S/C25H32N2O3/c1-18(2)23-15-22(17-27(28)16-20-11-7-5-8-12-20)29-25(23)26(4)19(3)24(30-25)21-13-9-6-10-14-21/h5-14,17-19,22-24H,15-16H2,1-4H3/t19?,22?,23?,24?,25-/m0/s1. The van der Waals surface area contributed by atoms with Gasteiger partial charge in [-0.2, -0.15) is 0 Å². The maximum absolute atomic E-state index is 12.6. The number of ether oxygens (including phenoxy) is 2. The lowest BCUT2D eigenvalue weighted by atomic mass is 9.89. The Morgan fingerprint density at radius 3 is 2.37 bits per heavy atom. The fourth-order valence-corrected chi connectivity index (χ4v) is 4.84. The molecule has 0 saturated carbocycles. The van der Waals surface area contributed by atoms with Gasteiger partial charge in [-0.15, -0.1) is 0 Å². The van der Waals surface area contributed by atoms with E-state index in [1.165, 1.54) is 0 Å². The van der Waals surface area contributed by atoms with Crippen LogP contribution < -0.4 is 0 Å². The van der Waals surface area contributed by atoms with E-state index in [1.54, 1.807) is 6.21 Å². The van der Waals surface area contributed by atoms with Crippen LogP contribution in [0.4, 0.5) is 0 Å². The zero-order chi connectivity index (χ0) is 21.3. The van der Waals surface area contributed by atoms with Gasteiger partial charge in [0.05, 0.1) is 0 Å². The molecule has 0 bridgehead atoms. The molecule has 5 atom stereocenters. The molecular formula is C25H32N2O3. The molecule has 2 aliphatic rings. The summed E-state index contributed by atoms with van der Waals surface area (Å²) in [6.07, 6.45) is 2.10. The summed E-state index contributed by atoms with van der Waals surface area (Å²) in [5.41, 5.74) is 2.14. The van der Waals surface area contributed by atoms with Gasteiger partial charge in [0, 0.05) is 17.5 Å². The highest BCUT2D eigenvalue weighted by Crippen LogP contribution is 2.51. The zero-order valence-electron chi connectivity index (χ0n) is 18.3. The molecule has 30 heavy (non-hydrogen) atoms. The highest BCUT2D eigenvalue weighted by Gasteiger charge is 2.61. The SMILES string of the molecule is CC(C)C1CC(C=[N+]([O-])Cc2ccccc2)O[C@]12OC(c1ccccc1)C(C)N2C. The second-order valence-electron chi connectivity index (χ2n) is 8.88.